The van der Waals surface area contributed by atoms with Gasteiger partial charge >= 0.3 is 5.97 Å². The molecule has 0 unspecified atom stereocenters. The van der Waals surface area contributed by atoms with E-state index in [1.165, 1.54) is 30.2 Å². The van der Waals surface area contributed by atoms with E-state index in [1.807, 2.05) is 0 Å². The number of methoxy groups -OCH3 is 1. The highest BCUT2D eigenvalue weighted by atomic mass is 16.6. The molecule has 1 N–H and O–H groups in total. The van der Waals surface area contributed by atoms with E-state index in [0.717, 1.165) is 0 Å². The minimum Gasteiger partial charge on any atom is -0.495 e. The van der Waals surface area contributed by atoms with E-state index in [-0.39, 0.29) is 24.6 Å². The highest BCUT2D eigenvalue weighted by Crippen LogP contribution is 2.28. The molecule has 10 heteroatoms. The zero-order valence-electron chi connectivity index (χ0n) is 16.1. The molecule has 0 spiro atoms. The molecule has 1 heterocycles. The van der Waals surface area contributed by atoms with E-state index in [4.69, 9.17) is 9.47 Å². The minimum atomic E-state index is -0.768. The van der Waals surface area contributed by atoms with Crippen molar-refractivity contribution >= 4 is 34.8 Å². The highest BCUT2D eigenvalue weighted by Gasteiger charge is 2.36. The number of esters is 1. The second-order valence-corrected chi connectivity index (χ2v) is 6.54. The lowest BCUT2D eigenvalue weighted by Crippen LogP contribution is -2.28. The minimum absolute atomic E-state index is 0.0208. The van der Waals surface area contributed by atoms with E-state index in [9.17, 15) is 24.5 Å². The molecular weight excluding hydrogens is 394 g/mol. The monoisotopic (exact) mass is 413 g/mol. The molecule has 1 fully saturated rings. The number of nitrogens with zero attached hydrogens (tertiary/aromatic N) is 2. The first-order chi connectivity index (χ1) is 14.4. The van der Waals surface area contributed by atoms with Crippen LogP contribution in [0, 0.1) is 16.0 Å². The molecule has 0 radical (unpaired) electrons. The number of hydrogen-bond acceptors (Lipinski definition) is 7. The van der Waals surface area contributed by atoms with Crippen molar-refractivity contribution in [2.24, 2.45) is 5.92 Å². The van der Waals surface area contributed by atoms with Gasteiger partial charge in [-0.1, -0.05) is 18.2 Å². The van der Waals surface area contributed by atoms with Gasteiger partial charge < -0.3 is 19.7 Å². The number of nitrogens with one attached hydrogen (secondary N) is 1. The predicted octanol–water partition coefficient (Wildman–Crippen LogP) is 2.14. The number of non-ortho nitro benzene ring substituents is 1. The Labute approximate surface area is 171 Å². The zero-order chi connectivity index (χ0) is 21.7. The van der Waals surface area contributed by atoms with Gasteiger partial charge in [-0.3, -0.25) is 24.5 Å². The van der Waals surface area contributed by atoms with Gasteiger partial charge in [0.1, 0.15) is 5.75 Å². The largest absolute Gasteiger partial charge is 0.495 e. The first kappa shape index (κ1) is 20.8. The molecule has 156 valence electrons. The molecule has 0 aliphatic carbocycles. The van der Waals surface area contributed by atoms with Gasteiger partial charge in [-0.15, -0.1) is 0 Å². The number of rotatable bonds is 7. The molecule has 10 nitrogen and oxygen atoms in total. The maximum Gasteiger partial charge on any atom is 0.311 e. The van der Waals surface area contributed by atoms with Gasteiger partial charge in [-0.25, -0.2) is 0 Å². The zero-order valence-corrected chi connectivity index (χ0v) is 16.1. The van der Waals surface area contributed by atoms with Crippen LogP contribution in [0.1, 0.15) is 6.42 Å². The normalized spacial score (nSPS) is 15.6. The molecule has 2 aromatic carbocycles. The second-order valence-electron chi connectivity index (χ2n) is 6.54. The summed E-state index contributed by atoms with van der Waals surface area (Å²) in [5.41, 5.74) is 0.617. The Hall–Kier alpha value is -3.95. The van der Waals surface area contributed by atoms with E-state index in [0.29, 0.717) is 17.1 Å². The topological polar surface area (TPSA) is 128 Å². The van der Waals surface area contributed by atoms with Crippen LogP contribution in [0.3, 0.4) is 0 Å². The van der Waals surface area contributed by atoms with Crippen molar-refractivity contribution in [3.05, 3.63) is 58.6 Å². The molecule has 0 bridgehead atoms. The first-order valence-electron chi connectivity index (χ1n) is 9.03. The van der Waals surface area contributed by atoms with Gasteiger partial charge in [-0.2, -0.15) is 0 Å². The molecule has 1 saturated heterocycles. The fraction of sp³-hybridized carbons (Fsp3) is 0.250. The fourth-order valence-corrected chi connectivity index (χ4v) is 3.08. The first-order valence-corrected chi connectivity index (χ1v) is 9.03. The number of carbonyl (C=O) groups is 3. The SMILES string of the molecule is COc1ccccc1NC(=O)COC(=O)[C@H]1CC(=O)N(c2cccc([N+](=O)[O-])c2)C1. The molecular formula is C20H19N3O7. The van der Waals surface area contributed by atoms with Gasteiger partial charge in [-0.05, 0) is 18.2 Å². The third-order valence-electron chi connectivity index (χ3n) is 4.54. The lowest BCUT2D eigenvalue weighted by molar-refractivity contribution is -0.384. The summed E-state index contributed by atoms with van der Waals surface area (Å²) in [6.45, 7) is -0.495. The number of benzene rings is 2. The van der Waals surface area contributed by atoms with Crippen LogP contribution in [-0.2, 0) is 19.1 Å². The average Bonchev–Trinajstić information content (AvgIpc) is 3.14. The highest BCUT2D eigenvalue weighted by molar-refractivity contribution is 6.00. The molecule has 1 aliphatic heterocycles. The van der Waals surface area contributed by atoms with Crippen molar-refractivity contribution in [3.8, 4) is 5.75 Å². The van der Waals surface area contributed by atoms with Crippen LogP contribution in [-0.4, -0.2) is 43.0 Å². The molecule has 1 atom stereocenters. The van der Waals surface area contributed by atoms with Gasteiger partial charge in [0.2, 0.25) is 5.91 Å². The number of anilines is 2. The number of ether oxygens (including phenoxy) is 2. The summed E-state index contributed by atoms with van der Waals surface area (Å²) >= 11 is 0. The van der Waals surface area contributed by atoms with Crippen LogP contribution in [0.4, 0.5) is 17.1 Å². The van der Waals surface area contributed by atoms with E-state index in [1.54, 1.807) is 30.3 Å². The van der Waals surface area contributed by atoms with E-state index >= 15 is 0 Å². The summed E-state index contributed by atoms with van der Waals surface area (Å²) in [6.07, 6.45) is -0.102. The Kier molecular flexibility index (Phi) is 6.26. The summed E-state index contributed by atoms with van der Waals surface area (Å²) in [7, 11) is 1.47. The van der Waals surface area contributed by atoms with Crippen LogP contribution in [0.5, 0.6) is 5.75 Å². The predicted molar refractivity (Wildman–Crippen MR) is 106 cm³/mol. The number of hydrogen-bond donors (Lipinski definition) is 1. The van der Waals surface area contributed by atoms with Crippen molar-refractivity contribution < 1.29 is 28.8 Å². The third-order valence-corrected chi connectivity index (χ3v) is 4.54. The summed E-state index contributed by atoms with van der Waals surface area (Å²) in [5, 5.41) is 13.5. The van der Waals surface area contributed by atoms with Crippen molar-refractivity contribution in [1.82, 2.24) is 0 Å². The Morgan fingerprint density at radius 2 is 2.00 bits per heavy atom. The maximum absolute atomic E-state index is 12.3. The van der Waals surface area contributed by atoms with Gasteiger partial charge in [0.05, 0.1) is 29.3 Å². The lowest BCUT2D eigenvalue weighted by atomic mass is 10.1. The van der Waals surface area contributed by atoms with Crippen LogP contribution < -0.4 is 15.0 Å². The van der Waals surface area contributed by atoms with Crippen molar-refractivity contribution in [2.45, 2.75) is 6.42 Å². The van der Waals surface area contributed by atoms with Gasteiger partial charge in [0.25, 0.3) is 11.6 Å². The Balaban J connectivity index is 1.56. The number of nitro benzene ring substituents is 1. The number of carbonyl (C=O) groups excluding carboxylic acids is 3. The number of para-hydroxylation sites is 2. The van der Waals surface area contributed by atoms with Crippen molar-refractivity contribution in [2.75, 3.05) is 30.5 Å². The molecule has 2 aromatic rings. The quantitative estimate of drug-likeness (QED) is 0.418. The summed E-state index contributed by atoms with van der Waals surface area (Å²) in [5.74, 6) is -1.89. The molecule has 0 saturated carbocycles. The summed E-state index contributed by atoms with van der Waals surface area (Å²) < 4.78 is 10.2. The van der Waals surface area contributed by atoms with Crippen LogP contribution >= 0.6 is 0 Å². The molecule has 2 amide bonds. The maximum atomic E-state index is 12.3. The lowest BCUT2D eigenvalue weighted by Gasteiger charge is -2.16. The van der Waals surface area contributed by atoms with Gasteiger partial charge in [0, 0.05) is 25.1 Å². The summed E-state index contributed by atoms with van der Waals surface area (Å²) in [4.78, 5) is 48.3. The van der Waals surface area contributed by atoms with E-state index in [2.05, 4.69) is 5.32 Å². The van der Waals surface area contributed by atoms with Crippen LogP contribution in [0.2, 0.25) is 0 Å². The number of nitro groups is 1. The smallest absolute Gasteiger partial charge is 0.311 e. The molecule has 30 heavy (non-hydrogen) atoms. The second kappa shape index (κ2) is 9.03. The Morgan fingerprint density at radius 3 is 2.73 bits per heavy atom. The molecule has 0 aromatic heterocycles. The van der Waals surface area contributed by atoms with Gasteiger partial charge in [0.15, 0.2) is 6.61 Å². The van der Waals surface area contributed by atoms with E-state index < -0.39 is 29.3 Å². The standard InChI is InChI=1S/C20H19N3O7/c1-29-17-8-3-2-7-16(17)21-18(24)12-30-20(26)13-9-19(25)22(11-13)14-5-4-6-15(10-14)23(27)28/h2-8,10,13H,9,11-12H2,1H3,(H,21,24)/t13-/m0/s1. The number of amides is 2. The Morgan fingerprint density at radius 1 is 1.23 bits per heavy atom. The van der Waals surface area contributed by atoms with Crippen molar-refractivity contribution in [3.63, 3.8) is 0 Å². The third kappa shape index (κ3) is 4.72. The van der Waals surface area contributed by atoms with Crippen molar-refractivity contribution in [1.29, 1.82) is 0 Å². The molecule has 1 aliphatic rings. The fourth-order valence-electron chi connectivity index (χ4n) is 3.08. The molecule has 3 rings (SSSR count). The summed E-state index contributed by atoms with van der Waals surface area (Å²) in [6, 6.07) is 12.4. The Bertz CT molecular complexity index is 992. The average molecular weight is 413 g/mol. The van der Waals surface area contributed by atoms with Crippen LogP contribution in [0.15, 0.2) is 48.5 Å². The van der Waals surface area contributed by atoms with Crippen LogP contribution in [0.25, 0.3) is 0 Å².